The summed E-state index contributed by atoms with van der Waals surface area (Å²) in [5.41, 5.74) is 5.22. The van der Waals surface area contributed by atoms with Gasteiger partial charge in [0.25, 0.3) is 0 Å². The molecule has 0 bridgehead atoms. The van der Waals surface area contributed by atoms with Crippen molar-refractivity contribution in [2.45, 2.75) is 115 Å². The number of fused-ring (bicyclic) bond motifs is 1. The number of aromatic nitrogens is 2. The summed E-state index contributed by atoms with van der Waals surface area (Å²) in [7, 11) is -2.23. The zero-order chi connectivity index (χ0) is 32.2. The number of hydrogen-bond donors (Lipinski definition) is 1. The molecule has 10 heteroatoms. The van der Waals surface area contributed by atoms with Crippen molar-refractivity contribution in [1.29, 1.82) is 0 Å². The van der Waals surface area contributed by atoms with E-state index in [9.17, 15) is 18.3 Å². The van der Waals surface area contributed by atoms with Crippen molar-refractivity contribution in [3.63, 3.8) is 0 Å². The summed E-state index contributed by atoms with van der Waals surface area (Å²) < 4.78 is 59.1. The van der Waals surface area contributed by atoms with Crippen LogP contribution in [-0.2, 0) is 26.5 Å². The number of alkyl halides is 3. The second-order valence-electron chi connectivity index (χ2n) is 15.1. The number of ether oxygens (including phenoxy) is 2. The van der Waals surface area contributed by atoms with E-state index in [2.05, 4.69) is 44.9 Å². The Morgan fingerprint density at radius 3 is 2.36 bits per heavy atom. The number of rotatable bonds is 6. The van der Waals surface area contributed by atoms with Gasteiger partial charge in [-0.15, -0.1) is 0 Å². The molecule has 2 aliphatic carbocycles. The van der Waals surface area contributed by atoms with E-state index in [1.165, 1.54) is 12.5 Å². The van der Waals surface area contributed by atoms with Gasteiger partial charge in [-0.2, -0.15) is 13.2 Å². The van der Waals surface area contributed by atoms with E-state index in [0.717, 1.165) is 78.9 Å². The lowest BCUT2D eigenvalue weighted by Gasteiger charge is -2.51. The van der Waals surface area contributed by atoms with Crippen molar-refractivity contribution >= 4 is 13.9 Å². The Morgan fingerprint density at radius 2 is 1.80 bits per heavy atom. The van der Waals surface area contributed by atoms with Crippen LogP contribution < -0.4 is 0 Å². The van der Waals surface area contributed by atoms with Gasteiger partial charge in [0.2, 0.25) is 0 Å². The predicted molar refractivity (Wildman–Crippen MR) is 169 cm³/mol. The first-order chi connectivity index (χ1) is 21.2. The highest BCUT2D eigenvalue weighted by Gasteiger charge is 2.50. The van der Waals surface area contributed by atoms with Crippen LogP contribution in [0.4, 0.5) is 13.2 Å². The summed E-state index contributed by atoms with van der Waals surface area (Å²) in [6.07, 6.45) is 4.86. The molecule has 6 nitrogen and oxygen atoms in total. The van der Waals surface area contributed by atoms with Crippen LogP contribution in [0.2, 0.25) is 18.1 Å². The van der Waals surface area contributed by atoms with Crippen LogP contribution in [-0.4, -0.2) is 49.8 Å². The SMILES string of the molecule is CC(C)(C)[Si](C)(C)OC1CC2(CCC2)Cc2nc(C3CCOCC3)c(C(O)c3ccc(C(F)(F)F)nc3)c(C3=CCOCC3)c21. The Labute approximate surface area is 265 Å². The average molecular weight is 645 g/mol. The molecule has 1 saturated carbocycles. The van der Waals surface area contributed by atoms with E-state index < -0.39 is 26.3 Å². The number of aliphatic hydroxyl groups excluding tert-OH is 1. The van der Waals surface area contributed by atoms with Crippen molar-refractivity contribution < 1.29 is 32.2 Å². The third-order valence-electron chi connectivity index (χ3n) is 11.1. The van der Waals surface area contributed by atoms with Crippen LogP contribution in [0.25, 0.3) is 5.57 Å². The monoisotopic (exact) mass is 644 g/mol. The van der Waals surface area contributed by atoms with Crippen molar-refractivity contribution in [2.24, 2.45) is 5.41 Å². The van der Waals surface area contributed by atoms with Gasteiger partial charge in [0.15, 0.2) is 8.32 Å². The van der Waals surface area contributed by atoms with Crippen molar-refractivity contribution in [2.75, 3.05) is 26.4 Å². The van der Waals surface area contributed by atoms with E-state index >= 15 is 0 Å². The van der Waals surface area contributed by atoms with Gasteiger partial charge in [0.1, 0.15) is 11.8 Å². The highest BCUT2D eigenvalue weighted by atomic mass is 28.4. The molecule has 0 amide bonds. The molecule has 0 radical (unpaired) electrons. The molecule has 6 rings (SSSR count). The molecule has 1 spiro atoms. The van der Waals surface area contributed by atoms with E-state index in [4.69, 9.17) is 18.9 Å². The summed E-state index contributed by atoms with van der Waals surface area (Å²) in [5, 5.41) is 12.2. The summed E-state index contributed by atoms with van der Waals surface area (Å²) in [6, 6.07) is 2.30. The average Bonchev–Trinajstić information content (AvgIpc) is 2.98. The molecule has 2 aromatic rings. The summed E-state index contributed by atoms with van der Waals surface area (Å²) in [5.74, 6) is 0.0642. The van der Waals surface area contributed by atoms with Crippen LogP contribution in [0.1, 0.15) is 123 Å². The molecule has 1 saturated heterocycles. The van der Waals surface area contributed by atoms with E-state index in [1.54, 1.807) is 0 Å². The quantitative estimate of drug-likeness (QED) is 0.318. The standard InChI is InChI=1S/C35H47F3N2O4Si/c1-33(2,3)45(4,5)44-26-20-34(13-6-14-34)19-25-29(26)28(22-9-15-42-16-10-22)30(31(40-25)23-11-17-43-18-12-23)32(41)24-7-8-27(39-21-24)35(36,37)38/h7-9,21,23,26,32,41H,6,10-20H2,1-5H3. The summed E-state index contributed by atoms with van der Waals surface area (Å²) >= 11 is 0. The predicted octanol–water partition coefficient (Wildman–Crippen LogP) is 8.45. The first-order valence-corrected chi connectivity index (χ1v) is 19.4. The Hall–Kier alpha value is -2.11. The van der Waals surface area contributed by atoms with Gasteiger partial charge < -0.3 is 19.0 Å². The van der Waals surface area contributed by atoms with Crippen molar-refractivity contribution in [3.05, 3.63) is 63.7 Å². The minimum absolute atomic E-state index is 0.000788. The molecule has 45 heavy (non-hydrogen) atoms. The third kappa shape index (κ3) is 6.42. The molecule has 2 unspecified atom stereocenters. The maximum absolute atomic E-state index is 13.4. The topological polar surface area (TPSA) is 73.7 Å². The lowest BCUT2D eigenvalue weighted by molar-refractivity contribution is -0.141. The maximum Gasteiger partial charge on any atom is 0.433 e. The van der Waals surface area contributed by atoms with Gasteiger partial charge in [0.05, 0.1) is 25.0 Å². The van der Waals surface area contributed by atoms with Crippen LogP contribution >= 0.6 is 0 Å². The maximum atomic E-state index is 13.4. The number of nitrogens with zero attached hydrogens (tertiary/aromatic N) is 2. The minimum atomic E-state index is -4.56. The van der Waals surface area contributed by atoms with Crippen LogP contribution in [0.15, 0.2) is 24.4 Å². The largest absolute Gasteiger partial charge is 0.433 e. The van der Waals surface area contributed by atoms with E-state index in [-0.39, 0.29) is 22.5 Å². The molecule has 2 aromatic heterocycles. The zero-order valence-corrected chi connectivity index (χ0v) is 28.2. The molecule has 1 N–H and O–H groups in total. The molecule has 246 valence electrons. The molecule has 2 fully saturated rings. The Morgan fingerprint density at radius 1 is 1.07 bits per heavy atom. The van der Waals surface area contributed by atoms with Gasteiger partial charge in [-0.05, 0) is 85.7 Å². The lowest BCUT2D eigenvalue weighted by Crippen LogP contribution is -2.46. The molecule has 0 aromatic carbocycles. The molecule has 2 atom stereocenters. The number of aliphatic hydroxyl groups is 1. The second kappa shape index (κ2) is 12.2. The highest BCUT2D eigenvalue weighted by molar-refractivity contribution is 6.74. The summed E-state index contributed by atoms with van der Waals surface area (Å²) in [4.78, 5) is 9.19. The van der Waals surface area contributed by atoms with E-state index in [0.29, 0.717) is 44.0 Å². The number of hydrogen-bond acceptors (Lipinski definition) is 6. The molecule has 2 aliphatic heterocycles. The first-order valence-electron chi connectivity index (χ1n) is 16.5. The fraction of sp³-hybridized carbons (Fsp3) is 0.657. The Kier molecular flexibility index (Phi) is 8.87. The van der Waals surface area contributed by atoms with Gasteiger partial charge in [0, 0.05) is 47.7 Å². The molecule has 4 aliphatic rings. The second-order valence-corrected chi connectivity index (χ2v) is 19.8. The Balaban J connectivity index is 1.59. The fourth-order valence-corrected chi connectivity index (χ4v) is 8.60. The highest BCUT2D eigenvalue weighted by Crippen LogP contribution is 2.58. The minimum Gasteiger partial charge on any atom is -0.410 e. The smallest absolute Gasteiger partial charge is 0.410 e. The number of pyridine rings is 2. The van der Waals surface area contributed by atoms with Crippen molar-refractivity contribution in [3.8, 4) is 0 Å². The van der Waals surface area contributed by atoms with Crippen molar-refractivity contribution in [1.82, 2.24) is 9.97 Å². The molecular formula is C35H47F3N2O4Si. The summed E-state index contributed by atoms with van der Waals surface area (Å²) in [6.45, 7) is 13.6. The van der Waals surface area contributed by atoms with Crippen LogP contribution in [0.5, 0.6) is 0 Å². The van der Waals surface area contributed by atoms with E-state index in [1.807, 2.05) is 0 Å². The van der Waals surface area contributed by atoms with Gasteiger partial charge in [-0.3, -0.25) is 9.97 Å². The van der Waals surface area contributed by atoms with Crippen LogP contribution in [0, 0.1) is 5.41 Å². The molecular weight excluding hydrogens is 597 g/mol. The normalized spacial score (nSPS) is 23.3. The lowest BCUT2D eigenvalue weighted by atomic mass is 9.59. The van der Waals surface area contributed by atoms with Gasteiger partial charge >= 0.3 is 6.18 Å². The molecule has 4 heterocycles. The van der Waals surface area contributed by atoms with Gasteiger partial charge in [-0.25, -0.2) is 0 Å². The van der Waals surface area contributed by atoms with Crippen LogP contribution in [0.3, 0.4) is 0 Å². The third-order valence-corrected chi connectivity index (χ3v) is 15.6. The van der Waals surface area contributed by atoms with Gasteiger partial charge in [-0.1, -0.05) is 39.3 Å². The first kappa shape index (κ1) is 32.8. The fourth-order valence-electron chi connectivity index (χ4n) is 7.34. The Bertz CT molecular complexity index is 1420. The number of halogens is 3. The zero-order valence-electron chi connectivity index (χ0n) is 27.2.